The first-order valence-corrected chi connectivity index (χ1v) is 4.23. The van der Waals surface area contributed by atoms with Crippen molar-refractivity contribution in [3.8, 4) is 11.8 Å². The normalized spacial score (nSPS) is 16.0. The van der Waals surface area contributed by atoms with Crippen LogP contribution in [-0.4, -0.2) is 4.98 Å². The summed E-state index contributed by atoms with van der Waals surface area (Å²) < 4.78 is 0. The molecule has 1 aromatic rings. The molecule has 0 radical (unpaired) electrons. The van der Waals surface area contributed by atoms with E-state index in [0.29, 0.717) is 5.92 Å². The van der Waals surface area contributed by atoms with Crippen LogP contribution in [0, 0.1) is 17.8 Å². The lowest BCUT2D eigenvalue weighted by Crippen LogP contribution is -1.64. The van der Waals surface area contributed by atoms with Crippen LogP contribution in [0.5, 0.6) is 0 Å². The molecule has 0 bridgehead atoms. The first-order valence-electron chi connectivity index (χ1n) is 3.35. The molecular formula is C8H7NS. The van der Waals surface area contributed by atoms with Gasteiger partial charge in [0, 0.05) is 5.92 Å². The molecule has 1 aromatic heterocycles. The van der Waals surface area contributed by atoms with Gasteiger partial charge < -0.3 is 0 Å². The Morgan fingerprint density at radius 3 is 3.10 bits per heavy atom. The van der Waals surface area contributed by atoms with Gasteiger partial charge in [-0.1, -0.05) is 11.8 Å². The molecule has 0 aliphatic heterocycles. The second-order valence-corrected chi connectivity index (χ2v) is 3.30. The largest absolute Gasteiger partial charge is 0.252 e. The highest BCUT2D eigenvalue weighted by Gasteiger charge is 2.17. The van der Waals surface area contributed by atoms with E-state index in [1.54, 1.807) is 11.3 Å². The molecule has 0 unspecified atom stereocenters. The van der Waals surface area contributed by atoms with Gasteiger partial charge in [0.25, 0.3) is 0 Å². The summed E-state index contributed by atoms with van der Waals surface area (Å²) in [5.74, 6) is 6.97. The van der Waals surface area contributed by atoms with Gasteiger partial charge in [-0.3, -0.25) is 4.98 Å². The van der Waals surface area contributed by atoms with E-state index in [2.05, 4.69) is 16.8 Å². The fraction of sp³-hybridized carbons (Fsp3) is 0.375. The molecule has 10 heavy (non-hydrogen) atoms. The number of nitrogens with zero attached hydrogens (tertiary/aromatic N) is 1. The van der Waals surface area contributed by atoms with Gasteiger partial charge in [0.1, 0.15) is 0 Å². The summed E-state index contributed by atoms with van der Waals surface area (Å²) in [6.45, 7) is 0. The lowest BCUT2D eigenvalue weighted by atomic mass is 10.4. The van der Waals surface area contributed by atoms with E-state index in [1.165, 1.54) is 12.8 Å². The summed E-state index contributed by atoms with van der Waals surface area (Å²) in [6.07, 6.45) is 4.41. The van der Waals surface area contributed by atoms with Gasteiger partial charge in [-0.15, -0.1) is 11.3 Å². The van der Waals surface area contributed by atoms with Gasteiger partial charge in [0.2, 0.25) is 0 Å². The third-order valence-electron chi connectivity index (χ3n) is 1.41. The summed E-state index contributed by atoms with van der Waals surface area (Å²) in [4.78, 5) is 5.03. The smallest absolute Gasteiger partial charge is 0.0966 e. The molecule has 2 heteroatoms. The predicted octanol–water partition coefficient (Wildman–Crippen LogP) is 1.90. The SMILES string of the molecule is C(#CC1CC1)c1cncs1. The molecule has 1 aliphatic carbocycles. The van der Waals surface area contributed by atoms with Crippen molar-refractivity contribution >= 4 is 11.3 Å². The number of thiazole rings is 1. The quantitative estimate of drug-likeness (QED) is 0.513. The Hall–Kier alpha value is -0.810. The van der Waals surface area contributed by atoms with Crippen LogP contribution >= 0.6 is 11.3 Å². The maximum absolute atomic E-state index is 3.94. The first kappa shape index (κ1) is 5.94. The molecule has 1 fully saturated rings. The lowest BCUT2D eigenvalue weighted by molar-refractivity contribution is 1.18. The number of hydrogen-bond donors (Lipinski definition) is 0. The van der Waals surface area contributed by atoms with Crippen molar-refractivity contribution in [3.05, 3.63) is 16.6 Å². The minimum atomic E-state index is 0.696. The van der Waals surface area contributed by atoms with Crippen molar-refractivity contribution in [2.75, 3.05) is 0 Å². The van der Waals surface area contributed by atoms with Gasteiger partial charge in [0.15, 0.2) is 0 Å². The third-order valence-corrected chi connectivity index (χ3v) is 2.10. The Morgan fingerprint density at radius 1 is 1.60 bits per heavy atom. The Morgan fingerprint density at radius 2 is 2.50 bits per heavy atom. The summed E-state index contributed by atoms with van der Waals surface area (Å²) in [7, 11) is 0. The summed E-state index contributed by atoms with van der Waals surface area (Å²) in [6, 6.07) is 0. The Labute approximate surface area is 64.1 Å². The minimum Gasteiger partial charge on any atom is -0.252 e. The Kier molecular flexibility index (Phi) is 1.44. The van der Waals surface area contributed by atoms with Crippen LogP contribution in [0.3, 0.4) is 0 Å². The Balaban J connectivity index is 2.09. The van der Waals surface area contributed by atoms with E-state index < -0.39 is 0 Å². The van der Waals surface area contributed by atoms with Crippen molar-refractivity contribution in [1.82, 2.24) is 4.98 Å². The second-order valence-electron chi connectivity index (χ2n) is 2.41. The zero-order valence-electron chi connectivity index (χ0n) is 5.50. The zero-order chi connectivity index (χ0) is 6.81. The highest BCUT2D eigenvalue weighted by Crippen LogP contribution is 2.27. The molecule has 0 aromatic carbocycles. The fourth-order valence-corrected chi connectivity index (χ4v) is 1.15. The van der Waals surface area contributed by atoms with E-state index in [1.807, 2.05) is 11.7 Å². The van der Waals surface area contributed by atoms with Crippen LogP contribution < -0.4 is 0 Å². The first-order chi connectivity index (χ1) is 4.95. The third kappa shape index (κ3) is 1.37. The van der Waals surface area contributed by atoms with Gasteiger partial charge in [-0.2, -0.15) is 0 Å². The second kappa shape index (κ2) is 2.43. The monoisotopic (exact) mass is 149 g/mol. The Bertz CT molecular complexity index is 261. The van der Waals surface area contributed by atoms with Gasteiger partial charge >= 0.3 is 0 Å². The molecule has 1 saturated carbocycles. The van der Waals surface area contributed by atoms with E-state index in [9.17, 15) is 0 Å². The molecule has 0 atom stereocenters. The molecule has 50 valence electrons. The van der Waals surface area contributed by atoms with Gasteiger partial charge in [-0.05, 0) is 12.8 Å². The molecule has 1 nitrogen and oxygen atoms in total. The summed E-state index contributed by atoms with van der Waals surface area (Å²) in [5.41, 5.74) is 1.82. The highest BCUT2D eigenvalue weighted by atomic mass is 32.1. The van der Waals surface area contributed by atoms with Crippen molar-refractivity contribution in [3.63, 3.8) is 0 Å². The molecule has 2 rings (SSSR count). The summed E-state index contributed by atoms with van der Waals surface area (Å²) in [5, 5.41) is 0. The van der Waals surface area contributed by atoms with Crippen molar-refractivity contribution in [1.29, 1.82) is 0 Å². The van der Waals surface area contributed by atoms with Crippen molar-refractivity contribution in [2.24, 2.45) is 5.92 Å². The fourth-order valence-electron chi connectivity index (χ4n) is 0.678. The van der Waals surface area contributed by atoms with Crippen molar-refractivity contribution < 1.29 is 0 Å². The predicted molar refractivity (Wildman–Crippen MR) is 41.7 cm³/mol. The van der Waals surface area contributed by atoms with E-state index in [-0.39, 0.29) is 0 Å². The molecule has 1 heterocycles. The maximum Gasteiger partial charge on any atom is 0.0966 e. The number of hydrogen-bond acceptors (Lipinski definition) is 2. The van der Waals surface area contributed by atoms with Crippen LogP contribution in [0.2, 0.25) is 0 Å². The van der Waals surface area contributed by atoms with Crippen LogP contribution in [0.1, 0.15) is 17.7 Å². The van der Waals surface area contributed by atoms with Crippen LogP contribution in [0.15, 0.2) is 11.7 Å². The standard InChI is InChI=1S/C8H7NS/c1-2-7(1)3-4-8-5-9-6-10-8/h5-7H,1-2H2. The molecule has 0 amide bonds. The van der Waals surface area contributed by atoms with Crippen LogP contribution in [-0.2, 0) is 0 Å². The molecule has 0 saturated heterocycles. The number of rotatable bonds is 0. The molecule has 0 N–H and O–H groups in total. The molecule has 1 aliphatic rings. The number of aromatic nitrogens is 1. The van der Waals surface area contributed by atoms with E-state index in [0.717, 1.165) is 4.88 Å². The average molecular weight is 149 g/mol. The van der Waals surface area contributed by atoms with Gasteiger partial charge in [-0.25, -0.2) is 0 Å². The zero-order valence-corrected chi connectivity index (χ0v) is 6.32. The van der Waals surface area contributed by atoms with Gasteiger partial charge in [0.05, 0.1) is 16.6 Å². The van der Waals surface area contributed by atoms with E-state index in [4.69, 9.17) is 0 Å². The topological polar surface area (TPSA) is 12.9 Å². The van der Waals surface area contributed by atoms with E-state index >= 15 is 0 Å². The highest BCUT2D eigenvalue weighted by molar-refractivity contribution is 7.10. The average Bonchev–Trinajstić information content (AvgIpc) is 2.63. The van der Waals surface area contributed by atoms with Crippen LogP contribution in [0.25, 0.3) is 0 Å². The molecular weight excluding hydrogens is 142 g/mol. The van der Waals surface area contributed by atoms with Crippen molar-refractivity contribution in [2.45, 2.75) is 12.8 Å². The lowest BCUT2D eigenvalue weighted by Gasteiger charge is -1.72. The maximum atomic E-state index is 3.94. The molecule has 0 spiro atoms. The minimum absolute atomic E-state index is 0.696. The summed E-state index contributed by atoms with van der Waals surface area (Å²) >= 11 is 1.61. The van der Waals surface area contributed by atoms with Crippen LogP contribution in [0.4, 0.5) is 0 Å².